The fourth-order valence-corrected chi connectivity index (χ4v) is 1.36. The monoisotopic (exact) mass is 225 g/mol. The molecule has 84 valence electrons. The zero-order chi connectivity index (χ0) is 12.1. The predicted octanol–water partition coefficient (Wildman–Crippen LogP) is 2.79. The Morgan fingerprint density at radius 2 is 1.94 bits per heavy atom. The van der Waals surface area contributed by atoms with Gasteiger partial charge in [-0.3, -0.25) is 0 Å². The van der Waals surface area contributed by atoms with Crippen molar-refractivity contribution in [1.82, 2.24) is 4.98 Å². The number of aromatic nitrogens is 1. The number of benzene rings is 1. The summed E-state index contributed by atoms with van der Waals surface area (Å²) in [5.41, 5.74) is 1.36. The summed E-state index contributed by atoms with van der Waals surface area (Å²) in [6, 6.07) is 12.8. The average molecular weight is 225 g/mol. The molecule has 17 heavy (non-hydrogen) atoms. The molecule has 2 aromatic rings. The van der Waals surface area contributed by atoms with Gasteiger partial charge in [0, 0.05) is 25.0 Å². The average Bonchev–Trinajstić information content (AvgIpc) is 2.40. The van der Waals surface area contributed by atoms with Gasteiger partial charge in [0.15, 0.2) is 0 Å². The summed E-state index contributed by atoms with van der Waals surface area (Å²) in [6.45, 7) is 0. The second-order valence-corrected chi connectivity index (χ2v) is 3.37. The van der Waals surface area contributed by atoms with Crippen molar-refractivity contribution in [3.05, 3.63) is 48.3 Å². The van der Waals surface area contributed by atoms with Gasteiger partial charge < -0.3 is 10.1 Å². The molecule has 0 atom stereocenters. The van der Waals surface area contributed by atoms with Crippen LogP contribution in [-0.2, 0) is 0 Å². The van der Waals surface area contributed by atoms with E-state index in [1.807, 2.05) is 37.4 Å². The molecule has 0 amide bonds. The minimum atomic E-state index is 0.342. The van der Waals surface area contributed by atoms with Crippen LogP contribution in [0.15, 0.2) is 42.6 Å². The zero-order valence-electron chi connectivity index (χ0n) is 9.34. The number of nitrogens with one attached hydrogen (secondary N) is 1. The molecule has 0 saturated carbocycles. The smallest absolute Gasteiger partial charge is 0.144 e. The molecular weight excluding hydrogens is 214 g/mol. The van der Waals surface area contributed by atoms with E-state index in [1.165, 1.54) is 0 Å². The number of nitriles is 1. The molecule has 4 heteroatoms. The Bertz CT molecular complexity index is 543. The van der Waals surface area contributed by atoms with E-state index < -0.39 is 0 Å². The van der Waals surface area contributed by atoms with E-state index in [0.29, 0.717) is 11.4 Å². The summed E-state index contributed by atoms with van der Waals surface area (Å²) in [7, 11) is 1.86. The molecule has 0 unspecified atom stereocenters. The lowest BCUT2D eigenvalue weighted by Crippen LogP contribution is -1.89. The van der Waals surface area contributed by atoms with Crippen molar-refractivity contribution in [3.8, 4) is 17.6 Å². The summed E-state index contributed by atoms with van der Waals surface area (Å²) in [5.74, 6) is 1.33. The van der Waals surface area contributed by atoms with Crippen molar-refractivity contribution in [3.63, 3.8) is 0 Å². The third-order valence-electron chi connectivity index (χ3n) is 2.22. The van der Waals surface area contributed by atoms with Gasteiger partial charge in [0.1, 0.15) is 23.3 Å². The minimum absolute atomic E-state index is 0.342. The maximum atomic E-state index is 8.72. The molecule has 0 fully saturated rings. The highest BCUT2D eigenvalue weighted by atomic mass is 16.5. The fourth-order valence-electron chi connectivity index (χ4n) is 1.36. The van der Waals surface area contributed by atoms with Crippen LogP contribution in [0.25, 0.3) is 0 Å². The molecule has 0 spiro atoms. The lowest BCUT2D eigenvalue weighted by molar-refractivity contribution is 0.482. The van der Waals surface area contributed by atoms with Gasteiger partial charge >= 0.3 is 0 Å². The Labute approximate surface area is 99.5 Å². The van der Waals surface area contributed by atoms with Gasteiger partial charge in [-0.2, -0.15) is 5.26 Å². The Morgan fingerprint density at radius 3 is 2.59 bits per heavy atom. The van der Waals surface area contributed by atoms with Crippen LogP contribution in [0.1, 0.15) is 5.69 Å². The van der Waals surface area contributed by atoms with Crippen LogP contribution in [0.3, 0.4) is 0 Å². The molecule has 4 nitrogen and oxygen atoms in total. The predicted molar refractivity (Wildman–Crippen MR) is 65.0 cm³/mol. The van der Waals surface area contributed by atoms with E-state index in [4.69, 9.17) is 10.00 Å². The van der Waals surface area contributed by atoms with Gasteiger partial charge in [-0.1, -0.05) is 0 Å². The largest absolute Gasteiger partial charge is 0.457 e. The molecule has 1 heterocycles. The van der Waals surface area contributed by atoms with Crippen molar-refractivity contribution in [2.45, 2.75) is 0 Å². The summed E-state index contributed by atoms with van der Waals surface area (Å²) >= 11 is 0. The highest BCUT2D eigenvalue weighted by Gasteiger charge is 1.99. The molecule has 2 rings (SSSR count). The molecule has 1 aromatic carbocycles. The number of nitrogens with zero attached hydrogens (tertiary/aromatic N) is 2. The van der Waals surface area contributed by atoms with E-state index in [9.17, 15) is 0 Å². The highest BCUT2D eigenvalue weighted by Crippen LogP contribution is 2.22. The Balaban J connectivity index is 2.16. The number of anilines is 1. The first-order chi connectivity index (χ1) is 8.31. The summed E-state index contributed by atoms with van der Waals surface area (Å²) < 4.78 is 5.60. The fraction of sp³-hybridized carbons (Fsp3) is 0.0769. The Kier molecular flexibility index (Phi) is 3.22. The van der Waals surface area contributed by atoms with Crippen molar-refractivity contribution in [1.29, 1.82) is 5.26 Å². The van der Waals surface area contributed by atoms with Crippen LogP contribution in [0.4, 0.5) is 5.69 Å². The first kappa shape index (κ1) is 11.0. The molecule has 0 aliphatic heterocycles. The van der Waals surface area contributed by atoms with Crippen molar-refractivity contribution in [2.75, 3.05) is 12.4 Å². The summed E-state index contributed by atoms with van der Waals surface area (Å²) in [4.78, 5) is 3.88. The number of ether oxygens (including phenoxy) is 1. The van der Waals surface area contributed by atoms with Gasteiger partial charge in [-0.05, 0) is 30.3 Å². The van der Waals surface area contributed by atoms with Crippen LogP contribution in [0, 0.1) is 11.3 Å². The molecule has 1 aromatic heterocycles. The van der Waals surface area contributed by atoms with E-state index >= 15 is 0 Å². The Morgan fingerprint density at radius 1 is 1.18 bits per heavy atom. The summed E-state index contributed by atoms with van der Waals surface area (Å²) in [6.07, 6.45) is 1.55. The van der Waals surface area contributed by atoms with Crippen molar-refractivity contribution >= 4 is 5.69 Å². The van der Waals surface area contributed by atoms with E-state index in [-0.39, 0.29) is 0 Å². The standard InChI is InChI=1S/C13H11N3O/c1-15-10-2-4-12(5-3-10)17-13-6-7-16-11(8-13)9-14/h2-8,15H,1H3. The number of pyridine rings is 1. The first-order valence-electron chi connectivity index (χ1n) is 5.13. The van der Waals surface area contributed by atoms with Crippen molar-refractivity contribution in [2.24, 2.45) is 0 Å². The van der Waals surface area contributed by atoms with Gasteiger partial charge in [-0.25, -0.2) is 4.98 Å². The minimum Gasteiger partial charge on any atom is -0.457 e. The molecule has 1 N–H and O–H groups in total. The number of rotatable bonds is 3. The zero-order valence-corrected chi connectivity index (χ0v) is 9.34. The lowest BCUT2D eigenvalue weighted by atomic mass is 10.3. The maximum absolute atomic E-state index is 8.72. The first-order valence-corrected chi connectivity index (χ1v) is 5.13. The molecule has 0 bridgehead atoms. The van der Waals surface area contributed by atoms with Gasteiger partial charge in [0.2, 0.25) is 0 Å². The van der Waals surface area contributed by atoms with E-state index in [1.54, 1.807) is 18.3 Å². The van der Waals surface area contributed by atoms with Crippen LogP contribution in [0.5, 0.6) is 11.5 Å². The van der Waals surface area contributed by atoms with Gasteiger partial charge in [-0.15, -0.1) is 0 Å². The molecule has 0 radical (unpaired) electrons. The van der Waals surface area contributed by atoms with Crippen LogP contribution in [-0.4, -0.2) is 12.0 Å². The van der Waals surface area contributed by atoms with E-state index in [2.05, 4.69) is 10.3 Å². The van der Waals surface area contributed by atoms with E-state index in [0.717, 1.165) is 11.4 Å². The second-order valence-electron chi connectivity index (χ2n) is 3.37. The quantitative estimate of drug-likeness (QED) is 0.872. The second kappa shape index (κ2) is 4.99. The SMILES string of the molecule is CNc1ccc(Oc2ccnc(C#N)c2)cc1. The Hall–Kier alpha value is -2.54. The molecular formula is C13H11N3O. The third kappa shape index (κ3) is 2.73. The highest BCUT2D eigenvalue weighted by molar-refractivity contribution is 5.46. The number of hydrogen-bond acceptors (Lipinski definition) is 4. The molecule has 0 saturated heterocycles. The summed E-state index contributed by atoms with van der Waals surface area (Å²) in [5, 5.41) is 11.7. The van der Waals surface area contributed by atoms with Crippen LogP contribution in [0.2, 0.25) is 0 Å². The third-order valence-corrected chi connectivity index (χ3v) is 2.22. The normalized spacial score (nSPS) is 9.41. The van der Waals surface area contributed by atoms with Crippen LogP contribution < -0.4 is 10.1 Å². The van der Waals surface area contributed by atoms with Gasteiger partial charge in [0.25, 0.3) is 0 Å². The van der Waals surface area contributed by atoms with Gasteiger partial charge in [0.05, 0.1) is 0 Å². The number of hydrogen-bond donors (Lipinski definition) is 1. The molecule has 0 aliphatic carbocycles. The van der Waals surface area contributed by atoms with Crippen molar-refractivity contribution < 1.29 is 4.74 Å². The lowest BCUT2D eigenvalue weighted by Gasteiger charge is -2.06. The maximum Gasteiger partial charge on any atom is 0.144 e. The van der Waals surface area contributed by atoms with Crippen LogP contribution >= 0.6 is 0 Å². The topological polar surface area (TPSA) is 57.9 Å². The molecule has 0 aliphatic rings.